The van der Waals surface area contributed by atoms with Gasteiger partial charge in [-0.1, -0.05) is 6.92 Å². The van der Waals surface area contributed by atoms with E-state index in [0.717, 1.165) is 35.5 Å². The largest absolute Gasteiger partial charge is 0.325 e. The van der Waals surface area contributed by atoms with Crippen molar-refractivity contribution >= 4 is 0 Å². The van der Waals surface area contributed by atoms with Gasteiger partial charge in [0.15, 0.2) is 0 Å². The molecule has 2 N–H and O–H groups in total. The Morgan fingerprint density at radius 2 is 1.56 bits per heavy atom. The molecule has 5 rings (SSSR count). The fraction of sp³-hybridized carbons (Fsp3) is 1.00. The summed E-state index contributed by atoms with van der Waals surface area (Å²) in [5.74, 6) is 6.47. The van der Waals surface area contributed by atoms with Crippen molar-refractivity contribution in [2.75, 3.05) is 0 Å². The van der Waals surface area contributed by atoms with Crippen LogP contribution in [0.15, 0.2) is 0 Å². The molecule has 102 valence electrons. The van der Waals surface area contributed by atoms with Crippen molar-refractivity contribution in [3.63, 3.8) is 0 Å². The molecule has 0 heterocycles. The third-order valence-corrected chi connectivity index (χ3v) is 6.95. The molecule has 5 aliphatic rings. The van der Waals surface area contributed by atoms with Gasteiger partial charge in [0.05, 0.1) is 0 Å². The lowest BCUT2D eigenvalue weighted by Gasteiger charge is -2.56. The van der Waals surface area contributed by atoms with Crippen LogP contribution in [0.2, 0.25) is 0 Å². The molecule has 4 bridgehead atoms. The monoisotopic (exact) mass is 247 g/mol. The van der Waals surface area contributed by atoms with Crippen LogP contribution in [0.1, 0.15) is 64.7 Å². The van der Waals surface area contributed by atoms with E-state index in [1.54, 1.807) is 32.1 Å². The van der Waals surface area contributed by atoms with Crippen molar-refractivity contribution in [2.45, 2.75) is 70.3 Å². The number of rotatable bonds is 4. The van der Waals surface area contributed by atoms with Gasteiger partial charge in [0.2, 0.25) is 0 Å². The van der Waals surface area contributed by atoms with Gasteiger partial charge in [0.25, 0.3) is 0 Å². The fourth-order valence-electron chi connectivity index (χ4n) is 6.01. The lowest BCUT2D eigenvalue weighted by molar-refractivity contribution is -0.0603. The van der Waals surface area contributed by atoms with Gasteiger partial charge in [-0.3, -0.25) is 0 Å². The third-order valence-electron chi connectivity index (χ3n) is 6.95. The Bertz CT molecular complexity index is 303. The third kappa shape index (κ3) is 1.94. The summed E-state index contributed by atoms with van der Waals surface area (Å²) in [6.45, 7) is 2.54. The molecule has 0 saturated heterocycles. The molecule has 5 saturated carbocycles. The Hall–Kier alpha value is -0.0400. The quantitative estimate of drug-likeness (QED) is 0.799. The average molecular weight is 247 g/mol. The van der Waals surface area contributed by atoms with Crippen LogP contribution in [-0.4, -0.2) is 5.54 Å². The lowest BCUT2D eigenvalue weighted by Crippen LogP contribution is -2.47. The van der Waals surface area contributed by atoms with Gasteiger partial charge in [-0.2, -0.15) is 0 Å². The molecule has 5 aliphatic carbocycles. The second-order valence-electron chi connectivity index (χ2n) is 8.39. The number of nitrogens with two attached hydrogens (primary N) is 1. The Morgan fingerprint density at radius 3 is 2.06 bits per heavy atom. The standard InChI is InChI=1S/C17H29N/c1-11(2-3-17(18)4-5-17)16-14-7-12-6-13(9-14)10-15(16)8-12/h11-16H,2-10,18H2,1H3. The van der Waals surface area contributed by atoms with Gasteiger partial charge in [-0.25, -0.2) is 0 Å². The molecule has 1 nitrogen and oxygen atoms in total. The maximum absolute atomic E-state index is 6.27. The number of hydrogen-bond donors (Lipinski definition) is 1. The molecule has 18 heavy (non-hydrogen) atoms. The first-order valence-corrected chi connectivity index (χ1v) is 8.42. The molecule has 0 radical (unpaired) electrons. The topological polar surface area (TPSA) is 26.0 Å². The minimum Gasteiger partial charge on any atom is -0.325 e. The maximum Gasteiger partial charge on any atom is 0.0155 e. The Balaban J connectivity index is 1.41. The first-order valence-electron chi connectivity index (χ1n) is 8.42. The van der Waals surface area contributed by atoms with Crippen molar-refractivity contribution in [3.8, 4) is 0 Å². The molecule has 0 amide bonds. The van der Waals surface area contributed by atoms with Gasteiger partial charge < -0.3 is 5.73 Å². The summed E-state index contributed by atoms with van der Waals surface area (Å²) < 4.78 is 0. The van der Waals surface area contributed by atoms with E-state index in [9.17, 15) is 0 Å². The van der Waals surface area contributed by atoms with Crippen LogP contribution in [0.25, 0.3) is 0 Å². The second kappa shape index (κ2) is 3.98. The molecule has 1 heteroatoms. The van der Waals surface area contributed by atoms with Crippen molar-refractivity contribution in [2.24, 2.45) is 41.2 Å². The van der Waals surface area contributed by atoms with Crippen LogP contribution < -0.4 is 5.73 Å². The first kappa shape index (κ1) is 11.8. The Kier molecular flexibility index (Phi) is 2.60. The molecule has 1 atom stereocenters. The van der Waals surface area contributed by atoms with Crippen LogP contribution in [0.4, 0.5) is 0 Å². The fourth-order valence-corrected chi connectivity index (χ4v) is 6.01. The highest BCUT2D eigenvalue weighted by Crippen LogP contribution is 2.59. The highest BCUT2D eigenvalue weighted by atomic mass is 14.8. The van der Waals surface area contributed by atoms with E-state index < -0.39 is 0 Å². The Morgan fingerprint density at radius 1 is 1.00 bits per heavy atom. The highest BCUT2D eigenvalue weighted by Gasteiger charge is 2.49. The minimum atomic E-state index is 0.278. The zero-order valence-electron chi connectivity index (χ0n) is 11.9. The summed E-state index contributed by atoms with van der Waals surface area (Å²) in [4.78, 5) is 0. The zero-order chi connectivity index (χ0) is 12.3. The normalized spacial score (nSPS) is 49.3. The summed E-state index contributed by atoms with van der Waals surface area (Å²) >= 11 is 0. The zero-order valence-corrected chi connectivity index (χ0v) is 11.9. The van der Waals surface area contributed by atoms with E-state index >= 15 is 0 Å². The van der Waals surface area contributed by atoms with Crippen LogP contribution in [0, 0.1) is 35.5 Å². The second-order valence-corrected chi connectivity index (χ2v) is 8.39. The summed E-state index contributed by atoms with van der Waals surface area (Å²) in [5, 5.41) is 0. The van der Waals surface area contributed by atoms with Gasteiger partial charge in [0, 0.05) is 5.54 Å². The summed E-state index contributed by atoms with van der Waals surface area (Å²) in [5.41, 5.74) is 6.55. The summed E-state index contributed by atoms with van der Waals surface area (Å²) in [7, 11) is 0. The van der Waals surface area contributed by atoms with Crippen LogP contribution >= 0.6 is 0 Å². The average Bonchev–Trinajstić information content (AvgIpc) is 3.04. The predicted octanol–water partition coefficient (Wildman–Crippen LogP) is 3.97. The number of hydrogen-bond acceptors (Lipinski definition) is 1. The van der Waals surface area contributed by atoms with Crippen LogP contribution in [-0.2, 0) is 0 Å². The van der Waals surface area contributed by atoms with Gasteiger partial charge in [-0.15, -0.1) is 0 Å². The SMILES string of the molecule is CC(CCC1(N)CC1)C1C2CC3CC(C2)CC1C3. The molecular formula is C17H29N. The molecule has 0 aromatic heterocycles. The van der Waals surface area contributed by atoms with Gasteiger partial charge >= 0.3 is 0 Å². The van der Waals surface area contributed by atoms with Crippen molar-refractivity contribution < 1.29 is 0 Å². The van der Waals surface area contributed by atoms with Crippen molar-refractivity contribution in [1.82, 2.24) is 0 Å². The lowest BCUT2D eigenvalue weighted by atomic mass is 9.49. The van der Waals surface area contributed by atoms with E-state index in [4.69, 9.17) is 5.73 Å². The molecule has 0 aromatic rings. The molecule has 0 spiro atoms. The molecule has 5 fully saturated rings. The Labute approximate surface area is 112 Å². The van der Waals surface area contributed by atoms with E-state index in [-0.39, 0.29) is 5.54 Å². The predicted molar refractivity (Wildman–Crippen MR) is 75.1 cm³/mol. The van der Waals surface area contributed by atoms with Crippen molar-refractivity contribution in [3.05, 3.63) is 0 Å². The van der Waals surface area contributed by atoms with E-state index in [1.165, 1.54) is 25.7 Å². The molecular weight excluding hydrogens is 218 g/mol. The molecule has 0 aromatic carbocycles. The maximum atomic E-state index is 6.27. The smallest absolute Gasteiger partial charge is 0.0155 e. The summed E-state index contributed by atoms with van der Waals surface area (Å²) in [6, 6.07) is 0. The molecule has 0 aliphatic heterocycles. The van der Waals surface area contributed by atoms with Gasteiger partial charge in [-0.05, 0) is 93.3 Å². The molecule has 1 unspecified atom stereocenters. The summed E-state index contributed by atoms with van der Waals surface area (Å²) in [6.07, 6.45) is 13.2. The van der Waals surface area contributed by atoms with Crippen LogP contribution in [0.3, 0.4) is 0 Å². The van der Waals surface area contributed by atoms with E-state index in [1.807, 2.05) is 0 Å². The minimum absolute atomic E-state index is 0.278. The highest BCUT2D eigenvalue weighted by molar-refractivity contribution is 5.01. The van der Waals surface area contributed by atoms with E-state index in [0.29, 0.717) is 0 Å². The first-order chi connectivity index (χ1) is 8.63. The van der Waals surface area contributed by atoms with Gasteiger partial charge in [0.1, 0.15) is 0 Å². The van der Waals surface area contributed by atoms with Crippen molar-refractivity contribution in [1.29, 1.82) is 0 Å². The van der Waals surface area contributed by atoms with E-state index in [2.05, 4.69) is 6.92 Å². The van der Waals surface area contributed by atoms with Crippen LogP contribution in [0.5, 0.6) is 0 Å².